The molecule has 1 aromatic carbocycles. The van der Waals surface area contributed by atoms with Crippen LogP contribution in [0.4, 0.5) is 0 Å². The van der Waals surface area contributed by atoms with E-state index >= 15 is 0 Å². The van der Waals surface area contributed by atoms with Gasteiger partial charge in [-0.1, -0.05) is 30.3 Å². The summed E-state index contributed by atoms with van der Waals surface area (Å²) in [4.78, 5) is 11.1. The van der Waals surface area contributed by atoms with E-state index in [1.807, 2.05) is 30.3 Å². The molecule has 6 heteroatoms. The Balaban J connectivity index is 2.86. The molecule has 0 fully saturated rings. The monoisotopic (exact) mass is 256 g/mol. The van der Waals surface area contributed by atoms with E-state index < -0.39 is 14.8 Å². The summed E-state index contributed by atoms with van der Waals surface area (Å²) in [7, 11) is 1.30. The van der Waals surface area contributed by atoms with Crippen LogP contribution in [0.5, 0.6) is 0 Å². The molecule has 0 N–H and O–H groups in total. The molecule has 0 heterocycles. The number of carbonyl (C=O) groups is 1. The van der Waals surface area contributed by atoms with Crippen molar-refractivity contribution in [3.05, 3.63) is 30.3 Å². The van der Waals surface area contributed by atoms with E-state index in [4.69, 9.17) is 13.3 Å². The SMILES string of the molecule is COC(=O)CO[Si](OC)(OC)c1ccccc1. The number of carbonyl (C=O) groups excluding carboxylic acids is 1. The van der Waals surface area contributed by atoms with Crippen molar-refractivity contribution < 1.29 is 22.8 Å². The van der Waals surface area contributed by atoms with Crippen molar-refractivity contribution in [2.75, 3.05) is 27.9 Å². The van der Waals surface area contributed by atoms with Gasteiger partial charge in [-0.2, -0.15) is 0 Å². The Morgan fingerprint density at radius 2 is 1.71 bits per heavy atom. The van der Waals surface area contributed by atoms with Gasteiger partial charge < -0.3 is 18.0 Å². The summed E-state index contributed by atoms with van der Waals surface area (Å²) in [5.41, 5.74) is 0. The summed E-state index contributed by atoms with van der Waals surface area (Å²) in [5, 5.41) is 0.800. The van der Waals surface area contributed by atoms with Crippen molar-refractivity contribution >= 4 is 20.0 Å². The molecular formula is C11H16O5Si. The minimum atomic E-state index is -3.00. The third-order valence-corrected chi connectivity index (χ3v) is 4.91. The number of esters is 1. The van der Waals surface area contributed by atoms with Gasteiger partial charge in [-0.05, 0) is 0 Å². The van der Waals surface area contributed by atoms with E-state index in [2.05, 4.69) is 4.74 Å². The van der Waals surface area contributed by atoms with Gasteiger partial charge in [0.25, 0.3) is 0 Å². The lowest BCUT2D eigenvalue weighted by Crippen LogP contribution is -2.56. The van der Waals surface area contributed by atoms with Crippen LogP contribution in [0.1, 0.15) is 0 Å². The van der Waals surface area contributed by atoms with Crippen LogP contribution in [0.3, 0.4) is 0 Å². The van der Waals surface area contributed by atoms with Crippen molar-refractivity contribution in [3.8, 4) is 0 Å². The van der Waals surface area contributed by atoms with Gasteiger partial charge in [-0.25, -0.2) is 4.79 Å². The normalized spacial score (nSPS) is 11.2. The highest BCUT2D eigenvalue weighted by atomic mass is 28.4. The number of methoxy groups -OCH3 is 1. The largest absolute Gasteiger partial charge is 0.537 e. The van der Waals surface area contributed by atoms with Gasteiger partial charge in [-0.15, -0.1) is 0 Å². The lowest BCUT2D eigenvalue weighted by Gasteiger charge is -2.25. The summed E-state index contributed by atoms with van der Waals surface area (Å²) in [6, 6.07) is 9.29. The molecule has 0 aliphatic heterocycles. The van der Waals surface area contributed by atoms with Gasteiger partial charge in [0, 0.05) is 19.4 Å². The van der Waals surface area contributed by atoms with Crippen LogP contribution in [0, 0.1) is 0 Å². The van der Waals surface area contributed by atoms with Crippen molar-refractivity contribution in [2.24, 2.45) is 0 Å². The molecule has 5 nitrogen and oxygen atoms in total. The number of benzene rings is 1. The summed E-state index contributed by atoms with van der Waals surface area (Å²) in [6.45, 7) is -0.195. The number of ether oxygens (including phenoxy) is 1. The van der Waals surface area contributed by atoms with Crippen LogP contribution in [-0.4, -0.2) is 42.7 Å². The molecule has 0 atom stereocenters. The zero-order valence-electron chi connectivity index (χ0n) is 10.1. The molecule has 1 aromatic rings. The first kappa shape index (κ1) is 13.9. The van der Waals surface area contributed by atoms with Crippen LogP contribution in [0.15, 0.2) is 30.3 Å². The topological polar surface area (TPSA) is 54.0 Å². The molecule has 1 rings (SSSR count). The molecule has 0 radical (unpaired) electrons. The minimum absolute atomic E-state index is 0.195. The molecule has 0 amide bonds. The predicted octanol–water partition coefficient (Wildman–Crippen LogP) is 0.315. The average Bonchev–Trinajstić information content (AvgIpc) is 2.41. The zero-order chi connectivity index (χ0) is 12.7. The number of hydrogen-bond donors (Lipinski definition) is 0. The third-order valence-electron chi connectivity index (χ3n) is 2.27. The first-order valence-electron chi connectivity index (χ1n) is 5.05. The van der Waals surface area contributed by atoms with E-state index in [0.717, 1.165) is 5.19 Å². The maximum atomic E-state index is 11.1. The Kier molecular flexibility index (Phi) is 5.30. The van der Waals surface area contributed by atoms with Crippen LogP contribution >= 0.6 is 0 Å². The molecule has 0 spiro atoms. The fourth-order valence-corrected chi connectivity index (χ4v) is 3.32. The van der Waals surface area contributed by atoms with Gasteiger partial charge >= 0.3 is 14.8 Å². The van der Waals surface area contributed by atoms with Crippen LogP contribution in [-0.2, 0) is 22.8 Å². The molecule has 0 aromatic heterocycles. The Morgan fingerprint density at radius 3 is 2.18 bits per heavy atom. The second-order valence-electron chi connectivity index (χ2n) is 3.20. The van der Waals surface area contributed by atoms with Gasteiger partial charge in [0.2, 0.25) is 0 Å². The highest BCUT2D eigenvalue weighted by Gasteiger charge is 2.42. The molecular weight excluding hydrogens is 240 g/mol. The van der Waals surface area contributed by atoms with Crippen LogP contribution < -0.4 is 5.19 Å². The minimum Gasteiger partial charge on any atom is -0.467 e. The molecule has 17 heavy (non-hydrogen) atoms. The molecule has 0 saturated carbocycles. The predicted molar refractivity (Wildman–Crippen MR) is 63.8 cm³/mol. The molecule has 0 aliphatic rings. The van der Waals surface area contributed by atoms with E-state index in [1.54, 1.807) is 0 Å². The lowest BCUT2D eigenvalue weighted by atomic mass is 10.4. The van der Waals surface area contributed by atoms with Gasteiger partial charge in [0.05, 0.1) is 7.11 Å². The summed E-state index contributed by atoms with van der Waals surface area (Å²) in [6.07, 6.45) is 0. The smallest absolute Gasteiger partial charge is 0.467 e. The average molecular weight is 256 g/mol. The number of rotatable bonds is 6. The standard InChI is InChI=1S/C11H16O5Si/c1-13-11(12)9-16-17(14-2,15-3)10-7-5-4-6-8-10/h4-8H,9H2,1-3H3. The highest BCUT2D eigenvalue weighted by Crippen LogP contribution is 2.08. The van der Waals surface area contributed by atoms with Crippen molar-refractivity contribution in [3.63, 3.8) is 0 Å². The van der Waals surface area contributed by atoms with Crippen molar-refractivity contribution in [2.45, 2.75) is 0 Å². The number of hydrogen-bond acceptors (Lipinski definition) is 5. The fraction of sp³-hybridized carbons (Fsp3) is 0.364. The van der Waals surface area contributed by atoms with Crippen LogP contribution in [0.25, 0.3) is 0 Å². The Bertz CT molecular complexity index is 350. The highest BCUT2D eigenvalue weighted by molar-refractivity contribution is 6.75. The second-order valence-corrected chi connectivity index (χ2v) is 5.99. The Labute approximate surface area is 102 Å². The van der Waals surface area contributed by atoms with Gasteiger partial charge in [0.15, 0.2) is 0 Å². The van der Waals surface area contributed by atoms with E-state index in [1.165, 1.54) is 21.3 Å². The lowest BCUT2D eigenvalue weighted by molar-refractivity contribution is -0.144. The van der Waals surface area contributed by atoms with Gasteiger partial charge in [-0.3, -0.25) is 0 Å². The summed E-state index contributed by atoms with van der Waals surface area (Å²) >= 11 is 0. The maximum Gasteiger partial charge on any atom is 0.537 e. The van der Waals surface area contributed by atoms with Crippen molar-refractivity contribution in [1.82, 2.24) is 0 Å². The first-order valence-corrected chi connectivity index (χ1v) is 6.77. The fourth-order valence-electron chi connectivity index (χ4n) is 1.38. The zero-order valence-corrected chi connectivity index (χ0v) is 11.1. The van der Waals surface area contributed by atoms with E-state index in [0.29, 0.717) is 0 Å². The third kappa shape index (κ3) is 3.37. The maximum absolute atomic E-state index is 11.1. The van der Waals surface area contributed by atoms with Crippen LogP contribution in [0.2, 0.25) is 0 Å². The molecule has 0 unspecified atom stereocenters. The Morgan fingerprint density at radius 1 is 1.12 bits per heavy atom. The second kappa shape index (κ2) is 6.50. The molecule has 0 bridgehead atoms. The van der Waals surface area contributed by atoms with Crippen molar-refractivity contribution in [1.29, 1.82) is 0 Å². The summed E-state index contributed by atoms with van der Waals surface area (Å²) in [5.74, 6) is -0.466. The molecule has 0 aliphatic carbocycles. The first-order chi connectivity index (χ1) is 8.18. The molecule has 0 saturated heterocycles. The van der Waals surface area contributed by atoms with E-state index in [-0.39, 0.29) is 6.61 Å². The van der Waals surface area contributed by atoms with Gasteiger partial charge in [0.1, 0.15) is 6.61 Å². The molecule has 94 valence electrons. The summed E-state index contributed by atoms with van der Waals surface area (Å²) < 4.78 is 20.7. The quantitative estimate of drug-likeness (QED) is 0.542. The van der Waals surface area contributed by atoms with E-state index in [9.17, 15) is 4.79 Å². The Hall–Kier alpha value is -1.21.